The van der Waals surface area contributed by atoms with Gasteiger partial charge in [-0.25, -0.2) is 0 Å². The first kappa shape index (κ1) is 16.8. The third kappa shape index (κ3) is 5.02. The molecule has 4 heteroatoms. The predicted molar refractivity (Wildman–Crippen MR) is 92.2 cm³/mol. The Labute approximate surface area is 134 Å². The zero-order valence-electron chi connectivity index (χ0n) is 14.1. The molecular weight excluding hydrogens is 274 g/mol. The molecule has 0 aromatic heterocycles. The maximum Gasteiger partial charge on any atom is 0.193 e. The van der Waals surface area contributed by atoms with Crippen LogP contribution in [0.15, 0.2) is 29.3 Å². The Morgan fingerprint density at radius 1 is 1.32 bits per heavy atom. The maximum atomic E-state index is 5.65. The van der Waals surface area contributed by atoms with Gasteiger partial charge in [-0.05, 0) is 36.8 Å². The first-order valence-electron chi connectivity index (χ1n) is 8.34. The highest BCUT2D eigenvalue weighted by Crippen LogP contribution is 2.14. The summed E-state index contributed by atoms with van der Waals surface area (Å²) in [5, 5.41) is 3.43. The summed E-state index contributed by atoms with van der Waals surface area (Å²) in [5.41, 5.74) is 2.69. The Morgan fingerprint density at radius 3 is 2.64 bits per heavy atom. The van der Waals surface area contributed by atoms with E-state index in [1.165, 1.54) is 24.0 Å². The minimum absolute atomic E-state index is 0.428. The standard InChI is InChI=1S/C18H29N3O/c1-4-15-7-9-16(10-8-15)14-21(3)18(19-2)20-12-11-17-6-5-13-22-17/h7-10,17H,4-6,11-14H2,1-3H3,(H,19,20). The van der Waals surface area contributed by atoms with Crippen LogP contribution in [0, 0.1) is 0 Å². The van der Waals surface area contributed by atoms with E-state index in [1.807, 2.05) is 7.05 Å². The Balaban J connectivity index is 1.78. The van der Waals surface area contributed by atoms with Crippen molar-refractivity contribution in [2.75, 3.05) is 27.2 Å². The summed E-state index contributed by atoms with van der Waals surface area (Å²) < 4.78 is 5.65. The van der Waals surface area contributed by atoms with E-state index in [9.17, 15) is 0 Å². The van der Waals surface area contributed by atoms with Crippen molar-refractivity contribution >= 4 is 5.96 Å². The number of nitrogens with zero attached hydrogens (tertiary/aromatic N) is 2. The topological polar surface area (TPSA) is 36.9 Å². The highest BCUT2D eigenvalue weighted by atomic mass is 16.5. The molecule has 0 bridgehead atoms. The van der Waals surface area contributed by atoms with Gasteiger partial charge in [0.1, 0.15) is 0 Å². The summed E-state index contributed by atoms with van der Waals surface area (Å²) >= 11 is 0. The zero-order chi connectivity index (χ0) is 15.8. The molecule has 0 radical (unpaired) electrons. The molecule has 4 nitrogen and oxygen atoms in total. The molecule has 1 fully saturated rings. The van der Waals surface area contributed by atoms with Crippen molar-refractivity contribution in [3.05, 3.63) is 35.4 Å². The molecule has 2 rings (SSSR count). The number of aryl methyl sites for hydroxylation is 1. The van der Waals surface area contributed by atoms with E-state index in [0.29, 0.717) is 6.10 Å². The molecule has 1 heterocycles. The van der Waals surface area contributed by atoms with Crippen LogP contribution in [0.25, 0.3) is 0 Å². The molecule has 1 atom stereocenters. The van der Waals surface area contributed by atoms with Crippen LogP contribution in [-0.2, 0) is 17.7 Å². The van der Waals surface area contributed by atoms with Crippen molar-refractivity contribution in [1.82, 2.24) is 10.2 Å². The Kier molecular flexibility index (Phi) is 6.72. The van der Waals surface area contributed by atoms with E-state index in [0.717, 1.165) is 38.5 Å². The molecule has 1 N–H and O–H groups in total. The van der Waals surface area contributed by atoms with Crippen molar-refractivity contribution in [3.63, 3.8) is 0 Å². The van der Waals surface area contributed by atoms with Crippen molar-refractivity contribution in [2.24, 2.45) is 4.99 Å². The zero-order valence-corrected chi connectivity index (χ0v) is 14.1. The fourth-order valence-electron chi connectivity index (χ4n) is 2.83. The first-order chi connectivity index (χ1) is 10.7. The van der Waals surface area contributed by atoms with E-state index in [2.05, 4.69) is 53.4 Å². The Bertz CT molecular complexity index is 464. The van der Waals surface area contributed by atoms with Gasteiger partial charge in [0.05, 0.1) is 6.10 Å². The largest absolute Gasteiger partial charge is 0.378 e. The minimum Gasteiger partial charge on any atom is -0.378 e. The average molecular weight is 303 g/mol. The molecular formula is C18H29N3O. The van der Waals surface area contributed by atoms with Crippen LogP contribution in [0.4, 0.5) is 0 Å². The fourth-order valence-corrected chi connectivity index (χ4v) is 2.83. The van der Waals surface area contributed by atoms with E-state index in [-0.39, 0.29) is 0 Å². The first-order valence-corrected chi connectivity index (χ1v) is 8.34. The van der Waals surface area contributed by atoms with Gasteiger partial charge in [0, 0.05) is 33.8 Å². The number of hydrogen-bond donors (Lipinski definition) is 1. The van der Waals surface area contributed by atoms with Crippen LogP contribution >= 0.6 is 0 Å². The summed E-state index contributed by atoms with van der Waals surface area (Å²) in [7, 11) is 3.92. The molecule has 1 aliphatic rings. The number of benzene rings is 1. The molecule has 0 spiro atoms. The van der Waals surface area contributed by atoms with Crippen molar-refractivity contribution in [3.8, 4) is 0 Å². The van der Waals surface area contributed by atoms with Crippen LogP contribution in [0.2, 0.25) is 0 Å². The second-order valence-corrected chi connectivity index (χ2v) is 5.92. The third-order valence-corrected chi connectivity index (χ3v) is 4.20. The number of aliphatic imine (C=N–C) groups is 1. The minimum atomic E-state index is 0.428. The number of nitrogens with one attached hydrogen (secondary N) is 1. The maximum absolute atomic E-state index is 5.65. The highest BCUT2D eigenvalue weighted by Gasteiger charge is 2.15. The van der Waals surface area contributed by atoms with Crippen LogP contribution in [-0.4, -0.2) is 44.2 Å². The van der Waals surface area contributed by atoms with Crippen molar-refractivity contribution in [1.29, 1.82) is 0 Å². The number of guanidine groups is 1. The Morgan fingerprint density at radius 2 is 2.05 bits per heavy atom. The number of ether oxygens (including phenoxy) is 1. The summed E-state index contributed by atoms with van der Waals surface area (Å²) in [6.45, 7) is 4.88. The average Bonchev–Trinajstić information content (AvgIpc) is 3.05. The molecule has 1 aromatic carbocycles. The van der Waals surface area contributed by atoms with Crippen molar-refractivity contribution < 1.29 is 4.74 Å². The lowest BCUT2D eigenvalue weighted by Crippen LogP contribution is -2.39. The molecule has 22 heavy (non-hydrogen) atoms. The van der Waals surface area contributed by atoms with Gasteiger partial charge >= 0.3 is 0 Å². The summed E-state index contributed by atoms with van der Waals surface area (Å²) in [4.78, 5) is 6.54. The van der Waals surface area contributed by atoms with Crippen LogP contribution in [0.5, 0.6) is 0 Å². The predicted octanol–water partition coefficient (Wildman–Crippen LogP) is 2.83. The molecule has 0 saturated carbocycles. The van der Waals surface area contributed by atoms with E-state index in [1.54, 1.807) is 0 Å². The highest BCUT2D eigenvalue weighted by molar-refractivity contribution is 5.79. The molecule has 1 aromatic rings. The lowest BCUT2D eigenvalue weighted by Gasteiger charge is -2.23. The lowest BCUT2D eigenvalue weighted by atomic mass is 10.1. The molecule has 0 amide bonds. The van der Waals surface area contributed by atoms with Gasteiger partial charge in [-0.3, -0.25) is 4.99 Å². The molecule has 0 aliphatic carbocycles. The summed E-state index contributed by atoms with van der Waals surface area (Å²) in [5.74, 6) is 0.942. The van der Waals surface area contributed by atoms with Crippen molar-refractivity contribution in [2.45, 2.75) is 45.3 Å². The van der Waals surface area contributed by atoms with Gasteiger partial charge in [-0.15, -0.1) is 0 Å². The Hall–Kier alpha value is -1.55. The van der Waals surface area contributed by atoms with E-state index in [4.69, 9.17) is 4.74 Å². The molecule has 1 aliphatic heterocycles. The number of rotatable bonds is 6. The molecule has 1 unspecified atom stereocenters. The SMILES string of the molecule is CCc1ccc(CN(C)C(=NC)NCCC2CCCO2)cc1. The number of hydrogen-bond acceptors (Lipinski definition) is 2. The second-order valence-electron chi connectivity index (χ2n) is 5.92. The van der Waals surface area contributed by atoms with Gasteiger partial charge in [-0.1, -0.05) is 31.2 Å². The smallest absolute Gasteiger partial charge is 0.193 e. The van der Waals surface area contributed by atoms with Crippen LogP contribution in [0.3, 0.4) is 0 Å². The summed E-state index contributed by atoms with van der Waals surface area (Å²) in [6, 6.07) is 8.82. The quantitative estimate of drug-likeness (QED) is 0.648. The van der Waals surface area contributed by atoms with Gasteiger partial charge in [0.15, 0.2) is 5.96 Å². The normalized spacial score (nSPS) is 18.5. The molecule has 1 saturated heterocycles. The monoisotopic (exact) mass is 303 g/mol. The van der Waals surface area contributed by atoms with Crippen LogP contribution in [0.1, 0.15) is 37.3 Å². The third-order valence-electron chi connectivity index (χ3n) is 4.20. The lowest BCUT2D eigenvalue weighted by molar-refractivity contribution is 0.105. The fraction of sp³-hybridized carbons (Fsp3) is 0.611. The van der Waals surface area contributed by atoms with Gasteiger partial charge in [0.25, 0.3) is 0 Å². The van der Waals surface area contributed by atoms with Gasteiger partial charge in [-0.2, -0.15) is 0 Å². The van der Waals surface area contributed by atoms with Gasteiger partial charge in [0.2, 0.25) is 0 Å². The van der Waals surface area contributed by atoms with E-state index >= 15 is 0 Å². The molecule has 122 valence electrons. The second kappa shape index (κ2) is 8.79. The van der Waals surface area contributed by atoms with Gasteiger partial charge < -0.3 is 15.0 Å². The summed E-state index contributed by atoms with van der Waals surface area (Å²) in [6.07, 6.45) is 4.96. The van der Waals surface area contributed by atoms with E-state index < -0.39 is 0 Å². The van der Waals surface area contributed by atoms with Crippen LogP contribution < -0.4 is 5.32 Å².